The lowest BCUT2D eigenvalue weighted by Gasteiger charge is -2.08. The van der Waals surface area contributed by atoms with Gasteiger partial charge in [-0.2, -0.15) is 0 Å². The van der Waals surface area contributed by atoms with Gasteiger partial charge in [0.15, 0.2) is 0 Å². The van der Waals surface area contributed by atoms with Crippen LogP contribution in [0, 0.1) is 5.92 Å². The number of carbonyl (C=O) groups is 1. The maximum atomic E-state index is 11.6. The fourth-order valence-corrected chi connectivity index (χ4v) is 1.36. The van der Waals surface area contributed by atoms with Crippen LogP contribution < -0.4 is 0 Å². The number of para-hydroxylation sites is 1. The lowest BCUT2D eigenvalue weighted by molar-refractivity contribution is 0.0469. The van der Waals surface area contributed by atoms with Gasteiger partial charge in [-0.1, -0.05) is 38.1 Å². The monoisotopic (exact) mass is 234 g/mol. The molecular weight excluding hydrogens is 216 g/mol. The number of phenolic OH excluding ortho intramolecular Hbond substituents is 1. The molecule has 0 saturated heterocycles. The zero-order valence-corrected chi connectivity index (χ0v) is 10.2. The minimum absolute atomic E-state index is 0.0470. The second-order valence-electron chi connectivity index (χ2n) is 3.93. The summed E-state index contributed by atoms with van der Waals surface area (Å²) in [5, 5.41) is 9.47. The van der Waals surface area contributed by atoms with Gasteiger partial charge < -0.3 is 9.84 Å². The van der Waals surface area contributed by atoms with Crippen molar-refractivity contribution in [2.45, 2.75) is 20.3 Å². The molecule has 0 fully saturated rings. The molecule has 17 heavy (non-hydrogen) atoms. The van der Waals surface area contributed by atoms with Crippen molar-refractivity contribution in [3.8, 4) is 5.75 Å². The van der Waals surface area contributed by atoms with Gasteiger partial charge in [-0.15, -0.1) is 0 Å². The van der Waals surface area contributed by atoms with E-state index in [9.17, 15) is 9.90 Å². The molecule has 3 nitrogen and oxygen atoms in total. The molecule has 1 unspecified atom stereocenters. The molecule has 0 amide bonds. The molecular formula is C14H18O3. The van der Waals surface area contributed by atoms with Crippen LogP contribution in [0.2, 0.25) is 0 Å². The standard InChI is InChI=1S/C14H18O3/c1-3-4-7-11(2)10-17-14(16)12-8-5-6-9-13(12)15/h4-9,11,15H,3,10H2,1-2H3/b7-4-. The molecule has 0 spiro atoms. The van der Waals surface area contributed by atoms with Crippen molar-refractivity contribution in [3.63, 3.8) is 0 Å². The summed E-state index contributed by atoms with van der Waals surface area (Å²) in [6.07, 6.45) is 5.02. The van der Waals surface area contributed by atoms with Crippen LogP contribution >= 0.6 is 0 Å². The first-order valence-electron chi connectivity index (χ1n) is 5.77. The van der Waals surface area contributed by atoms with Crippen LogP contribution in [0.4, 0.5) is 0 Å². The third kappa shape index (κ3) is 4.31. The fraction of sp³-hybridized carbons (Fsp3) is 0.357. The summed E-state index contributed by atoms with van der Waals surface area (Å²) >= 11 is 0. The average Bonchev–Trinajstić information content (AvgIpc) is 2.34. The number of rotatable bonds is 5. The SMILES string of the molecule is CC/C=C\C(C)COC(=O)c1ccccc1O. The number of esters is 1. The summed E-state index contributed by atoms with van der Waals surface area (Å²) in [7, 11) is 0. The Hall–Kier alpha value is -1.77. The second kappa shape index (κ2) is 6.74. The Kier molecular flexibility index (Phi) is 5.27. The molecule has 1 N–H and O–H groups in total. The first kappa shape index (κ1) is 13.3. The number of allylic oxidation sites excluding steroid dienone is 1. The van der Waals surface area contributed by atoms with E-state index in [1.165, 1.54) is 6.07 Å². The summed E-state index contributed by atoms with van der Waals surface area (Å²) in [4.78, 5) is 11.6. The molecule has 1 rings (SSSR count). The molecule has 1 atom stereocenters. The first-order valence-corrected chi connectivity index (χ1v) is 5.77. The normalized spacial score (nSPS) is 12.6. The number of phenols is 1. The number of hydrogen-bond donors (Lipinski definition) is 1. The lowest BCUT2D eigenvalue weighted by atomic mass is 10.1. The van der Waals surface area contributed by atoms with E-state index < -0.39 is 5.97 Å². The van der Waals surface area contributed by atoms with Crippen molar-refractivity contribution in [2.75, 3.05) is 6.61 Å². The predicted octanol–water partition coefficient (Wildman–Crippen LogP) is 3.15. The summed E-state index contributed by atoms with van der Waals surface area (Å²) in [6, 6.07) is 6.37. The van der Waals surface area contributed by atoms with Gasteiger partial charge in [0.1, 0.15) is 11.3 Å². The lowest BCUT2D eigenvalue weighted by Crippen LogP contribution is -2.10. The highest BCUT2D eigenvalue weighted by Gasteiger charge is 2.12. The van der Waals surface area contributed by atoms with E-state index in [0.717, 1.165) is 6.42 Å². The van der Waals surface area contributed by atoms with E-state index in [0.29, 0.717) is 6.61 Å². The highest BCUT2D eigenvalue weighted by molar-refractivity contribution is 5.92. The van der Waals surface area contributed by atoms with Crippen LogP contribution in [0.25, 0.3) is 0 Å². The van der Waals surface area contributed by atoms with Crippen molar-refractivity contribution >= 4 is 5.97 Å². The first-order chi connectivity index (χ1) is 8.15. The quantitative estimate of drug-likeness (QED) is 0.628. The van der Waals surface area contributed by atoms with Crippen molar-refractivity contribution in [2.24, 2.45) is 5.92 Å². The molecule has 0 heterocycles. The second-order valence-corrected chi connectivity index (χ2v) is 3.93. The molecule has 0 aliphatic heterocycles. The molecule has 0 aliphatic rings. The summed E-state index contributed by atoms with van der Waals surface area (Å²) in [6.45, 7) is 4.35. The molecule has 0 radical (unpaired) electrons. The van der Waals surface area contributed by atoms with Crippen LogP contribution in [-0.4, -0.2) is 17.7 Å². The van der Waals surface area contributed by atoms with Crippen LogP contribution in [0.1, 0.15) is 30.6 Å². The minimum Gasteiger partial charge on any atom is -0.507 e. The number of benzene rings is 1. The van der Waals surface area contributed by atoms with E-state index in [4.69, 9.17) is 4.74 Å². The smallest absolute Gasteiger partial charge is 0.341 e. The maximum Gasteiger partial charge on any atom is 0.341 e. The highest BCUT2D eigenvalue weighted by Crippen LogP contribution is 2.16. The van der Waals surface area contributed by atoms with E-state index >= 15 is 0 Å². The van der Waals surface area contributed by atoms with Gasteiger partial charge in [-0.05, 0) is 18.6 Å². The minimum atomic E-state index is -0.486. The Morgan fingerprint density at radius 3 is 2.82 bits per heavy atom. The third-order valence-electron chi connectivity index (χ3n) is 2.30. The third-order valence-corrected chi connectivity index (χ3v) is 2.30. The van der Waals surface area contributed by atoms with Crippen molar-refractivity contribution in [1.82, 2.24) is 0 Å². The molecule has 0 bridgehead atoms. The number of aromatic hydroxyl groups is 1. The van der Waals surface area contributed by atoms with Gasteiger partial charge in [0.2, 0.25) is 0 Å². The highest BCUT2D eigenvalue weighted by atomic mass is 16.5. The Morgan fingerprint density at radius 2 is 2.18 bits per heavy atom. The van der Waals surface area contributed by atoms with E-state index in [2.05, 4.69) is 6.92 Å². The van der Waals surface area contributed by atoms with Crippen LogP contribution in [-0.2, 0) is 4.74 Å². The van der Waals surface area contributed by atoms with Gasteiger partial charge in [-0.3, -0.25) is 0 Å². The maximum absolute atomic E-state index is 11.6. The zero-order chi connectivity index (χ0) is 12.7. The van der Waals surface area contributed by atoms with Crippen molar-refractivity contribution < 1.29 is 14.6 Å². The summed E-state index contributed by atoms with van der Waals surface area (Å²) in [5.41, 5.74) is 0.208. The molecule has 3 heteroatoms. The Morgan fingerprint density at radius 1 is 1.47 bits per heavy atom. The average molecular weight is 234 g/mol. The Bertz CT molecular complexity index is 396. The van der Waals surface area contributed by atoms with Crippen LogP contribution in [0.5, 0.6) is 5.75 Å². The van der Waals surface area contributed by atoms with Crippen molar-refractivity contribution in [1.29, 1.82) is 0 Å². The Labute approximate surface area is 102 Å². The van der Waals surface area contributed by atoms with Gasteiger partial charge in [0.05, 0.1) is 6.61 Å². The van der Waals surface area contributed by atoms with Crippen molar-refractivity contribution in [3.05, 3.63) is 42.0 Å². The molecule has 0 saturated carbocycles. The number of ether oxygens (including phenoxy) is 1. The van der Waals surface area contributed by atoms with Gasteiger partial charge in [-0.25, -0.2) is 4.79 Å². The largest absolute Gasteiger partial charge is 0.507 e. The fourth-order valence-electron chi connectivity index (χ4n) is 1.36. The van der Waals surface area contributed by atoms with E-state index in [1.807, 2.05) is 19.1 Å². The number of hydrogen-bond acceptors (Lipinski definition) is 3. The van der Waals surface area contributed by atoms with Gasteiger partial charge in [0.25, 0.3) is 0 Å². The molecule has 0 aromatic heterocycles. The molecule has 1 aromatic carbocycles. The molecule has 1 aromatic rings. The van der Waals surface area contributed by atoms with E-state index in [-0.39, 0.29) is 17.2 Å². The summed E-state index contributed by atoms with van der Waals surface area (Å²) < 4.78 is 5.12. The predicted molar refractivity (Wildman–Crippen MR) is 67.0 cm³/mol. The molecule has 0 aliphatic carbocycles. The number of carbonyl (C=O) groups excluding carboxylic acids is 1. The van der Waals surface area contributed by atoms with Crippen LogP contribution in [0.3, 0.4) is 0 Å². The Balaban J connectivity index is 2.51. The zero-order valence-electron chi connectivity index (χ0n) is 10.2. The molecule has 92 valence electrons. The topological polar surface area (TPSA) is 46.5 Å². The van der Waals surface area contributed by atoms with E-state index in [1.54, 1.807) is 18.2 Å². The van der Waals surface area contributed by atoms with Crippen LogP contribution in [0.15, 0.2) is 36.4 Å². The van der Waals surface area contributed by atoms with Gasteiger partial charge >= 0.3 is 5.97 Å². The summed E-state index contributed by atoms with van der Waals surface area (Å²) in [5.74, 6) is -0.348. The van der Waals surface area contributed by atoms with Gasteiger partial charge in [0, 0.05) is 5.92 Å².